The van der Waals surface area contributed by atoms with E-state index >= 15 is 0 Å². The fourth-order valence-electron chi connectivity index (χ4n) is 0.629. The third-order valence-electron chi connectivity index (χ3n) is 1.32. The zero-order valence-corrected chi connectivity index (χ0v) is 8.12. The minimum Gasteiger partial charge on any atom is -0.294 e. The summed E-state index contributed by atoms with van der Waals surface area (Å²) in [6, 6.07) is 0. The van der Waals surface area contributed by atoms with Crippen LogP contribution < -0.4 is 0 Å². The number of hydrogen-bond acceptors (Lipinski definition) is 2. The summed E-state index contributed by atoms with van der Waals surface area (Å²) >= 11 is 10.6. The summed E-state index contributed by atoms with van der Waals surface area (Å²) in [6.07, 6.45) is 0.322. The van der Waals surface area contributed by atoms with Crippen LogP contribution in [0.15, 0.2) is 12.2 Å². The summed E-state index contributed by atoms with van der Waals surface area (Å²) < 4.78 is 0. The van der Waals surface area contributed by atoms with E-state index < -0.39 is 0 Å². The van der Waals surface area contributed by atoms with E-state index in [9.17, 15) is 9.59 Å². The average molecular weight is 209 g/mol. The first kappa shape index (κ1) is 11.7. The summed E-state index contributed by atoms with van der Waals surface area (Å²) in [5.41, 5.74) is 0.0105. The highest BCUT2D eigenvalue weighted by Crippen LogP contribution is 2.03. The lowest BCUT2D eigenvalue weighted by molar-refractivity contribution is -0.121. The second-order valence-corrected chi connectivity index (χ2v) is 2.96. The highest BCUT2D eigenvalue weighted by molar-refractivity contribution is 6.25. The molecule has 0 N–H and O–H groups in total. The first-order valence-electron chi connectivity index (χ1n) is 3.50. The normalized spacial score (nSPS) is 9.50. The zero-order valence-electron chi connectivity index (χ0n) is 6.61. The van der Waals surface area contributed by atoms with E-state index in [-0.39, 0.29) is 41.7 Å². The minimum atomic E-state index is -0.292. The van der Waals surface area contributed by atoms with E-state index in [0.29, 0.717) is 0 Å². The molecule has 4 heteroatoms. The number of carbonyl (C=O) groups excluding carboxylic acids is 2. The molecule has 0 aliphatic carbocycles. The summed E-state index contributed by atoms with van der Waals surface area (Å²) in [6.45, 7) is 3.38. The van der Waals surface area contributed by atoms with Gasteiger partial charge in [-0.15, -0.1) is 23.2 Å². The molecule has 12 heavy (non-hydrogen) atoms. The van der Waals surface area contributed by atoms with E-state index in [4.69, 9.17) is 23.2 Å². The van der Waals surface area contributed by atoms with Crippen LogP contribution in [0.25, 0.3) is 0 Å². The number of Topliss-reactive ketones (excluding diaryl/α,β-unsaturated/α-hetero) is 2. The van der Waals surface area contributed by atoms with Crippen LogP contribution >= 0.6 is 23.2 Å². The van der Waals surface area contributed by atoms with Crippen LogP contribution in [0.4, 0.5) is 0 Å². The molecule has 0 aliphatic rings. The van der Waals surface area contributed by atoms with Gasteiger partial charge in [-0.25, -0.2) is 0 Å². The Morgan fingerprint density at radius 2 is 1.33 bits per heavy atom. The largest absolute Gasteiger partial charge is 0.294 e. The Kier molecular flexibility index (Phi) is 6.03. The van der Waals surface area contributed by atoms with Crippen molar-refractivity contribution in [1.82, 2.24) is 0 Å². The van der Waals surface area contributed by atoms with Crippen LogP contribution in [-0.2, 0) is 9.59 Å². The topological polar surface area (TPSA) is 34.1 Å². The molecular formula is C8H10Cl2O2. The van der Waals surface area contributed by atoms with Crippen molar-refractivity contribution in [3.05, 3.63) is 12.2 Å². The summed E-state index contributed by atoms with van der Waals surface area (Å²) in [5, 5.41) is 0. The first-order chi connectivity index (χ1) is 5.63. The van der Waals surface area contributed by atoms with Crippen molar-refractivity contribution in [1.29, 1.82) is 0 Å². The van der Waals surface area contributed by atoms with Gasteiger partial charge in [-0.05, 0) is 0 Å². The van der Waals surface area contributed by atoms with E-state index in [1.807, 2.05) is 0 Å². The molecule has 68 valence electrons. The predicted molar refractivity (Wildman–Crippen MR) is 49.8 cm³/mol. The SMILES string of the molecule is C=C(C(=O)CCCl)C(=O)CCCl. The highest BCUT2D eigenvalue weighted by atomic mass is 35.5. The lowest BCUT2D eigenvalue weighted by atomic mass is 10.1. The van der Waals surface area contributed by atoms with Gasteiger partial charge in [-0.1, -0.05) is 6.58 Å². The molecule has 0 rings (SSSR count). The highest BCUT2D eigenvalue weighted by Gasteiger charge is 2.13. The third-order valence-corrected chi connectivity index (χ3v) is 1.69. The molecule has 0 aliphatic heterocycles. The number of halogens is 2. The van der Waals surface area contributed by atoms with E-state index in [1.165, 1.54) is 0 Å². The van der Waals surface area contributed by atoms with Gasteiger partial charge < -0.3 is 0 Å². The lowest BCUT2D eigenvalue weighted by Gasteiger charge is -1.99. The van der Waals surface area contributed by atoms with Crippen molar-refractivity contribution in [3.63, 3.8) is 0 Å². The molecule has 0 radical (unpaired) electrons. The van der Waals surface area contributed by atoms with Gasteiger partial charge in [0.25, 0.3) is 0 Å². The summed E-state index contributed by atoms with van der Waals surface area (Å²) in [5.74, 6) is -0.155. The molecule has 0 fully saturated rings. The Morgan fingerprint density at radius 3 is 1.58 bits per heavy atom. The Morgan fingerprint density at radius 1 is 1.00 bits per heavy atom. The van der Waals surface area contributed by atoms with Crippen molar-refractivity contribution in [2.75, 3.05) is 11.8 Å². The molecule has 0 aromatic heterocycles. The summed E-state index contributed by atoms with van der Waals surface area (Å²) in [4.78, 5) is 22.0. The predicted octanol–water partition coefficient (Wildman–Crippen LogP) is 1.94. The van der Waals surface area contributed by atoms with Crippen molar-refractivity contribution < 1.29 is 9.59 Å². The van der Waals surface area contributed by atoms with Crippen LogP contribution in [0.1, 0.15) is 12.8 Å². The zero-order chi connectivity index (χ0) is 9.56. The molecule has 0 heterocycles. The van der Waals surface area contributed by atoms with Gasteiger partial charge in [0.05, 0.1) is 5.57 Å². The molecule has 0 saturated carbocycles. The van der Waals surface area contributed by atoms with Gasteiger partial charge in [-0.3, -0.25) is 9.59 Å². The van der Waals surface area contributed by atoms with E-state index in [1.54, 1.807) is 0 Å². The van der Waals surface area contributed by atoms with Gasteiger partial charge >= 0.3 is 0 Å². The second kappa shape index (κ2) is 6.21. The number of carbonyl (C=O) groups is 2. The summed E-state index contributed by atoms with van der Waals surface area (Å²) in [7, 11) is 0. The molecule has 0 amide bonds. The van der Waals surface area contributed by atoms with Crippen molar-refractivity contribution in [2.45, 2.75) is 12.8 Å². The van der Waals surface area contributed by atoms with Crippen LogP contribution in [0, 0.1) is 0 Å². The molecule has 0 saturated heterocycles. The Hall–Kier alpha value is -0.340. The number of alkyl halides is 2. The number of ketones is 2. The fourth-order valence-corrected chi connectivity index (χ4v) is 0.972. The maximum Gasteiger partial charge on any atom is 0.167 e. The Balaban J connectivity index is 4.01. The van der Waals surface area contributed by atoms with Crippen LogP contribution in [0.3, 0.4) is 0 Å². The molecular weight excluding hydrogens is 199 g/mol. The standard InChI is InChI=1S/C8H10Cl2O2/c1-6(7(11)2-4-9)8(12)3-5-10/h1-5H2. The maximum absolute atomic E-state index is 11.0. The van der Waals surface area contributed by atoms with Crippen molar-refractivity contribution >= 4 is 34.8 Å². The lowest BCUT2D eigenvalue weighted by Crippen LogP contribution is -2.12. The van der Waals surface area contributed by atoms with Crippen molar-refractivity contribution in [2.24, 2.45) is 0 Å². The van der Waals surface area contributed by atoms with Crippen LogP contribution in [0.2, 0.25) is 0 Å². The molecule has 0 spiro atoms. The number of rotatable bonds is 6. The molecule has 0 bridgehead atoms. The molecule has 0 unspecified atom stereocenters. The van der Waals surface area contributed by atoms with E-state index in [0.717, 1.165) is 0 Å². The second-order valence-electron chi connectivity index (χ2n) is 2.20. The van der Waals surface area contributed by atoms with Gasteiger partial charge in [-0.2, -0.15) is 0 Å². The average Bonchev–Trinajstić information content (AvgIpc) is 2.04. The quantitative estimate of drug-likeness (QED) is 0.290. The van der Waals surface area contributed by atoms with Gasteiger partial charge in [0.2, 0.25) is 0 Å². The Bertz CT molecular complexity index is 179. The smallest absolute Gasteiger partial charge is 0.167 e. The van der Waals surface area contributed by atoms with Gasteiger partial charge in [0.15, 0.2) is 11.6 Å². The van der Waals surface area contributed by atoms with Gasteiger partial charge in [0.1, 0.15) is 0 Å². The van der Waals surface area contributed by atoms with E-state index in [2.05, 4.69) is 6.58 Å². The van der Waals surface area contributed by atoms with Crippen molar-refractivity contribution in [3.8, 4) is 0 Å². The maximum atomic E-state index is 11.0. The Labute approximate surface area is 81.5 Å². The molecule has 0 aromatic rings. The van der Waals surface area contributed by atoms with Crippen LogP contribution in [-0.4, -0.2) is 23.3 Å². The number of allylic oxidation sites excluding steroid dienone is 1. The fraction of sp³-hybridized carbons (Fsp3) is 0.500. The monoisotopic (exact) mass is 208 g/mol. The van der Waals surface area contributed by atoms with Crippen LogP contribution in [0.5, 0.6) is 0 Å². The first-order valence-corrected chi connectivity index (χ1v) is 4.57. The van der Waals surface area contributed by atoms with Gasteiger partial charge in [0, 0.05) is 24.6 Å². The number of hydrogen-bond donors (Lipinski definition) is 0. The molecule has 0 aromatic carbocycles. The molecule has 2 nitrogen and oxygen atoms in total. The minimum absolute atomic E-state index is 0.0105. The third kappa shape index (κ3) is 3.88. The molecule has 0 atom stereocenters.